The number of likely N-dealkylation sites (N-methyl/N-ethyl adjacent to an activating group) is 1. The highest BCUT2D eigenvalue weighted by molar-refractivity contribution is 6.12. The van der Waals surface area contributed by atoms with Gasteiger partial charge in [0.15, 0.2) is 6.79 Å². The van der Waals surface area contributed by atoms with Crippen LogP contribution in [0.3, 0.4) is 0 Å². The van der Waals surface area contributed by atoms with Crippen LogP contribution in [0.4, 0.5) is 10.1 Å². The predicted octanol–water partition coefficient (Wildman–Crippen LogP) is 7.63. The number of carbonyl (C=O) groups excluding carboxylic acids is 1. The summed E-state index contributed by atoms with van der Waals surface area (Å²) in [5, 5.41) is 36.9. The van der Waals surface area contributed by atoms with Crippen molar-refractivity contribution in [1.29, 1.82) is 0 Å². The van der Waals surface area contributed by atoms with Gasteiger partial charge < -0.3 is 40.0 Å². The lowest BCUT2D eigenvalue weighted by Crippen LogP contribution is -2.31. The molecule has 0 spiro atoms. The van der Waals surface area contributed by atoms with Gasteiger partial charge in [0.1, 0.15) is 17.2 Å². The van der Waals surface area contributed by atoms with Crippen molar-refractivity contribution in [2.45, 2.75) is 76.9 Å². The molecule has 0 radical (unpaired) electrons. The lowest BCUT2D eigenvalue weighted by atomic mass is 9.92. The molecule has 5 aromatic rings. The van der Waals surface area contributed by atoms with Crippen molar-refractivity contribution in [3.63, 3.8) is 0 Å². The first-order valence-corrected chi connectivity index (χ1v) is 18.4. The Morgan fingerprint density at radius 2 is 1.49 bits per heavy atom. The van der Waals surface area contributed by atoms with Crippen LogP contribution in [0, 0.1) is 5.82 Å². The fraction of sp³-hybridized carbons (Fsp3) is 0.318. The molecule has 0 bridgehead atoms. The predicted molar refractivity (Wildman–Crippen MR) is 211 cm³/mol. The Morgan fingerprint density at radius 3 is 2.11 bits per heavy atom. The van der Waals surface area contributed by atoms with Crippen LogP contribution in [0.5, 0.6) is 5.75 Å². The summed E-state index contributed by atoms with van der Waals surface area (Å²) in [6.45, 7) is 5.74. The Morgan fingerprint density at radius 1 is 0.855 bits per heavy atom. The lowest BCUT2D eigenvalue weighted by Gasteiger charge is -2.29. The number of carbonyl (C=O) groups is 2. The molecule has 0 aliphatic heterocycles. The lowest BCUT2D eigenvalue weighted by molar-refractivity contribution is -0.139. The molecule has 10 nitrogen and oxygen atoms in total. The molecule has 3 atom stereocenters. The van der Waals surface area contributed by atoms with E-state index in [1.165, 1.54) is 12.1 Å². The number of aromatic nitrogens is 1. The van der Waals surface area contributed by atoms with Crippen LogP contribution < -0.4 is 15.4 Å². The Labute approximate surface area is 321 Å². The number of nitrogens with zero attached hydrogens (tertiary/aromatic N) is 1. The molecule has 4 aromatic carbocycles. The SMILES string of the molecule is CNC(C)Cc1ccc(OCOC(C)(C)c2c(C(=O)Nc3ccccc3)c(-c3ccccc3)c(-c3ccc(F)cc3)n2CC[C@@H](O)C[C@@H](O)CC(=O)O)cc1. The smallest absolute Gasteiger partial charge is 0.305 e. The second-order valence-corrected chi connectivity index (χ2v) is 14.2. The molecular weight excluding hydrogens is 701 g/mol. The zero-order chi connectivity index (χ0) is 39.5. The maximum Gasteiger partial charge on any atom is 0.305 e. The van der Waals surface area contributed by atoms with E-state index in [0.29, 0.717) is 45.6 Å². The summed E-state index contributed by atoms with van der Waals surface area (Å²) >= 11 is 0. The van der Waals surface area contributed by atoms with Gasteiger partial charge in [-0.1, -0.05) is 60.7 Å². The van der Waals surface area contributed by atoms with Gasteiger partial charge in [-0.15, -0.1) is 0 Å². The number of amides is 1. The van der Waals surface area contributed by atoms with Gasteiger partial charge in [0, 0.05) is 23.8 Å². The van der Waals surface area contributed by atoms with Crippen molar-refractivity contribution < 1.29 is 38.8 Å². The molecule has 0 aliphatic carbocycles. The van der Waals surface area contributed by atoms with E-state index in [9.17, 15) is 29.3 Å². The number of para-hydroxylation sites is 1. The summed E-state index contributed by atoms with van der Waals surface area (Å²) in [5.41, 5.74) is 3.79. The molecular formula is C44H50FN3O7. The second kappa shape index (κ2) is 18.8. The van der Waals surface area contributed by atoms with E-state index >= 15 is 0 Å². The summed E-state index contributed by atoms with van der Waals surface area (Å²) in [7, 11) is 1.93. The average Bonchev–Trinajstić information content (AvgIpc) is 3.51. The van der Waals surface area contributed by atoms with Gasteiger partial charge in [-0.05, 0) is 112 Å². The maximum atomic E-state index is 14.7. The Balaban J connectivity index is 1.63. The fourth-order valence-electron chi connectivity index (χ4n) is 6.68. The zero-order valence-corrected chi connectivity index (χ0v) is 31.7. The summed E-state index contributed by atoms with van der Waals surface area (Å²) in [6, 6.07) is 32.5. The number of nitrogens with one attached hydrogen (secondary N) is 2. The van der Waals surface area contributed by atoms with Crippen molar-refractivity contribution in [2.24, 2.45) is 0 Å². The molecule has 1 amide bonds. The number of ether oxygens (including phenoxy) is 2. The normalized spacial score (nSPS) is 13.2. The molecule has 0 saturated carbocycles. The van der Waals surface area contributed by atoms with Crippen LogP contribution in [-0.4, -0.2) is 63.9 Å². The molecule has 0 aliphatic rings. The van der Waals surface area contributed by atoms with Crippen LogP contribution in [0.2, 0.25) is 0 Å². The summed E-state index contributed by atoms with van der Waals surface area (Å²) in [5.74, 6) is -1.41. The second-order valence-electron chi connectivity index (χ2n) is 14.2. The highest BCUT2D eigenvalue weighted by Crippen LogP contribution is 2.44. The van der Waals surface area contributed by atoms with Crippen molar-refractivity contribution in [3.05, 3.63) is 132 Å². The van der Waals surface area contributed by atoms with E-state index in [4.69, 9.17) is 9.47 Å². The number of carboxylic acid groups (broad SMARTS) is 1. The number of carboxylic acids is 1. The van der Waals surface area contributed by atoms with Crippen LogP contribution in [0.15, 0.2) is 109 Å². The average molecular weight is 752 g/mol. The van der Waals surface area contributed by atoms with Gasteiger partial charge in [0.05, 0.1) is 35.6 Å². The highest BCUT2D eigenvalue weighted by Gasteiger charge is 2.38. The van der Waals surface area contributed by atoms with Crippen LogP contribution in [-0.2, 0) is 28.1 Å². The van der Waals surface area contributed by atoms with Gasteiger partial charge in [-0.2, -0.15) is 0 Å². The monoisotopic (exact) mass is 751 g/mol. The van der Waals surface area contributed by atoms with E-state index in [0.717, 1.165) is 17.5 Å². The first-order chi connectivity index (χ1) is 26.4. The van der Waals surface area contributed by atoms with E-state index in [2.05, 4.69) is 17.6 Å². The van der Waals surface area contributed by atoms with Crippen molar-refractivity contribution in [1.82, 2.24) is 9.88 Å². The van der Waals surface area contributed by atoms with Crippen LogP contribution >= 0.6 is 0 Å². The van der Waals surface area contributed by atoms with E-state index < -0.39 is 41.9 Å². The third kappa shape index (κ3) is 10.9. The first kappa shape index (κ1) is 40.8. The molecule has 1 unspecified atom stereocenters. The zero-order valence-electron chi connectivity index (χ0n) is 31.7. The van der Waals surface area contributed by atoms with Gasteiger partial charge >= 0.3 is 5.97 Å². The minimum Gasteiger partial charge on any atom is -0.481 e. The van der Waals surface area contributed by atoms with Crippen molar-refractivity contribution in [3.8, 4) is 28.1 Å². The maximum absolute atomic E-state index is 14.7. The summed E-state index contributed by atoms with van der Waals surface area (Å²) in [4.78, 5) is 26.0. The third-order valence-corrected chi connectivity index (χ3v) is 9.52. The van der Waals surface area contributed by atoms with Crippen LogP contribution in [0.25, 0.3) is 22.4 Å². The quantitative estimate of drug-likeness (QED) is 0.0543. The number of aliphatic hydroxyl groups excluding tert-OH is 2. The third-order valence-electron chi connectivity index (χ3n) is 9.52. The Hall–Kier alpha value is -5.33. The standard InChI is InChI=1S/C44H50FN3O7/c1-29(46-4)25-30-15-21-37(22-16-30)54-28-55-44(2,3)42-40(43(53)47-34-13-9-6-10-14-34)39(31-11-7-5-8-12-31)41(32-17-19-33(45)20-18-32)48(42)24-23-35(49)26-36(50)27-38(51)52/h5-22,29,35-36,46,49-50H,23-28H2,1-4H3,(H,47,53)(H,51,52)/t29?,35-,36-/m1/s1. The largest absolute Gasteiger partial charge is 0.481 e. The number of anilines is 1. The molecule has 1 aromatic heterocycles. The molecule has 290 valence electrons. The topological polar surface area (TPSA) is 142 Å². The fourth-order valence-corrected chi connectivity index (χ4v) is 6.68. The van der Waals surface area contributed by atoms with Gasteiger partial charge in [0.2, 0.25) is 0 Å². The minimum absolute atomic E-state index is 0.0889. The molecule has 5 N–H and O–H groups in total. The van der Waals surface area contributed by atoms with Crippen molar-refractivity contribution in [2.75, 3.05) is 19.2 Å². The number of benzene rings is 4. The minimum atomic E-state index is -1.25. The summed E-state index contributed by atoms with van der Waals surface area (Å²) in [6.07, 6.45) is -2.06. The number of rotatable bonds is 19. The van der Waals surface area contributed by atoms with E-state index in [1.54, 1.807) is 24.3 Å². The Bertz CT molecular complexity index is 2000. The van der Waals surface area contributed by atoms with Crippen molar-refractivity contribution >= 4 is 17.6 Å². The van der Waals surface area contributed by atoms with E-state index in [-0.39, 0.29) is 26.2 Å². The molecule has 1 heterocycles. The van der Waals surface area contributed by atoms with Gasteiger partial charge in [0.25, 0.3) is 5.91 Å². The van der Waals surface area contributed by atoms with Gasteiger partial charge in [-0.3, -0.25) is 9.59 Å². The first-order valence-electron chi connectivity index (χ1n) is 18.4. The molecule has 0 fully saturated rings. The number of halogens is 1. The van der Waals surface area contributed by atoms with Crippen LogP contribution in [0.1, 0.15) is 61.6 Å². The molecule has 5 rings (SSSR count). The molecule has 55 heavy (non-hydrogen) atoms. The molecule has 0 saturated heterocycles. The summed E-state index contributed by atoms with van der Waals surface area (Å²) < 4.78 is 28.9. The van der Waals surface area contributed by atoms with E-state index in [1.807, 2.05) is 98.3 Å². The molecule has 11 heteroatoms. The number of aliphatic hydroxyl groups is 2. The number of aliphatic carboxylic acids is 1. The highest BCUT2D eigenvalue weighted by atomic mass is 19.1. The number of hydrogen-bond acceptors (Lipinski definition) is 7. The number of hydrogen-bond donors (Lipinski definition) is 5. The van der Waals surface area contributed by atoms with Gasteiger partial charge in [-0.25, -0.2) is 4.39 Å². The Kier molecular flexibility index (Phi) is 14.0.